The van der Waals surface area contributed by atoms with E-state index in [0.717, 1.165) is 117 Å². The molecular formula is C115H178N18O14S3. The molecule has 0 spiro atoms. The van der Waals surface area contributed by atoms with Gasteiger partial charge in [-0.15, -0.1) is 0 Å². The summed E-state index contributed by atoms with van der Waals surface area (Å²) in [6, 6.07) is 28.6. The Labute approximate surface area is 903 Å². The molecule has 3 aliphatic heterocycles. The number of ether oxygens (including phenoxy) is 2. The minimum absolute atomic E-state index is 0.00216. The number of hydrogen-bond acceptors (Lipinski definition) is 21. The second kappa shape index (κ2) is 71.4. The van der Waals surface area contributed by atoms with Crippen LogP contribution in [0.5, 0.6) is 0 Å². The summed E-state index contributed by atoms with van der Waals surface area (Å²) in [6.07, 6.45) is 1.39. The Bertz CT molecular complexity index is 5700. The number of benzene rings is 4. The number of sulfonamides is 2. The van der Waals surface area contributed by atoms with Crippen LogP contribution in [0.4, 0.5) is 14.4 Å². The average Bonchev–Trinajstić information content (AvgIpc) is 0.800. The molecule has 3 heterocycles. The molecule has 9 amide bonds. The van der Waals surface area contributed by atoms with Crippen molar-refractivity contribution in [3.05, 3.63) is 125 Å². The highest BCUT2D eigenvalue weighted by Gasteiger charge is 2.21. The number of amides is 9. The number of carbonyl (C=O) groups is 6. The van der Waals surface area contributed by atoms with Crippen LogP contribution in [0.25, 0.3) is 0 Å². The number of rotatable bonds is 29. The number of hydrogen-bond donors (Lipinski definition) is 11. The first-order valence-corrected chi connectivity index (χ1v) is 55.4. The standard InChI is InChI=1S/C19H26N2O2.C17H24N2O.C14H25N3O2.C14H25N3O.C14H19NO4S2.C14H19NO2S.C12H23N3O.C11H17N3O/c1-19(2,3)9-4-10-20-18(22)17-7-5-16(6-8-17)15-21-11-13-23-14-12-21;1-17(2,3)11-6-12-18-16(20)15-9-7-14(8-10-15)13-19(4)5;1-14(2,3)5-4-6-15-13(18)16-7-8-17-9-11-19-12-10-17;1-14(2,3)6-5-7-15-13(18)12-17-10-8-16(4)9-11-17;1-14(2,3)10-5-11-15-21(18,19)13-8-6-12(7-9-13)20(4,16)17;1-12-6-8-13(9-7-12)18(16,17)15-11-5-10-14(2,3)4;1-12(2,3)7-6-8-13-11(16)14-9-10-15(4)5;1-11(2,3)6-4-8-13-10(15)14-9-5-7-12/h5-8H,10-15H2,1-3H3,(H,20,22);7-10H,12-13H2,1-5H3,(H,18,20);6-12H2,1-3H3,(H2,15,16,18);7-12H2,1-4H3,(H,15,18);6-9,15H,11H2,1-4H3;6-9,15H,11H2,1-4H3;8-10H2,1-5H3,(H2,13,14,16);5,8-9H2,1-3H3,(H2,13,14,15). The number of piperazine rings is 1. The van der Waals surface area contributed by atoms with E-state index in [0.29, 0.717) is 83.0 Å². The topological polar surface area (TPSA) is 399 Å². The van der Waals surface area contributed by atoms with E-state index in [1.54, 1.807) is 24.3 Å². The summed E-state index contributed by atoms with van der Waals surface area (Å²) in [5.41, 5.74) is 4.34. The van der Waals surface area contributed by atoms with Gasteiger partial charge in [-0.25, -0.2) is 39.6 Å². The second-order valence-corrected chi connectivity index (χ2v) is 49.9. The summed E-state index contributed by atoms with van der Waals surface area (Å²) in [4.78, 5) is 83.0. The van der Waals surface area contributed by atoms with Crippen molar-refractivity contribution in [1.29, 1.82) is 5.26 Å². The van der Waals surface area contributed by atoms with Gasteiger partial charge in [0.05, 0.1) is 113 Å². The predicted molar refractivity (Wildman–Crippen MR) is 607 cm³/mol. The van der Waals surface area contributed by atoms with E-state index >= 15 is 0 Å². The molecular weight excluding hydrogens is 1950 g/mol. The van der Waals surface area contributed by atoms with Crippen LogP contribution in [-0.2, 0) is 57.2 Å². The molecule has 0 aliphatic carbocycles. The lowest BCUT2D eigenvalue weighted by atomic mass is 9.98. The lowest BCUT2D eigenvalue weighted by Crippen LogP contribution is -2.48. The van der Waals surface area contributed by atoms with Crippen molar-refractivity contribution in [2.24, 2.45) is 43.3 Å². The van der Waals surface area contributed by atoms with Gasteiger partial charge in [-0.1, -0.05) is 137 Å². The van der Waals surface area contributed by atoms with E-state index in [2.05, 4.69) is 225 Å². The van der Waals surface area contributed by atoms with Gasteiger partial charge in [-0.05, 0) is 280 Å². The summed E-state index contributed by atoms with van der Waals surface area (Å²) < 4.78 is 85.8. The molecule has 4 aromatic rings. The number of likely N-dealkylation sites (N-methyl/N-ethyl adjacent to an activating group) is 2. The molecule has 830 valence electrons. The number of nitrogens with one attached hydrogen (secondary N) is 11. The van der Waals surface area contributed by atoms with E-state index in [-0.39, 0.29) is 107 Å². The minimum atomic E-state index is -3.69. The summed E-state index contributed by atoms with van der Waals surface area (Å²) in [5.74, 6) is 47.5. The maximum atomic E-state index is 12.1. The largest absolute Gasteiger partial charge is 0.379 e. The summed E-state index contributed by atoms with van der Waals surface area (Å²) >= 11 is 0. The Morgan fingerprint density at radius 3 is 0.993 bits per heavy atom. The van der Waals surface area contributed by atoms with Crippen LogP contribution in [0.1, 0.15) is 210 Å². The number of nitriles is 1. The number of nitrogens with zero attached hydrogens (tertiary/aromatic N) is 7. The number of aryl methyl sites for hydroxylation is 1. The van der Waals surface area contributed by atoms with Crippen LogP contribution < -0.4 is 57.3 Å². The van der Waals surface area contributed by atoms with Crippen molar-refractivity contribution in [2.45, 2.75) is 207 Å². The van der Waals surface area contributed by atoms with Gasteiger partial charge < -0.3 is 72.0 Å². The Kier molecular flexibility index (Phi) is 65.9. The highest BCUT2D eigenvalue weighted by molar-refractivity contribution is 7.91. The minimum Gasteiger partial charge on any atom is -0.379 e. The zero-order chi connectivity index (χ0) is 114. The summed E-state index contributed by atoms with van der Waals surface area (Å²) in [7, 11) is -0.386. The molecule has 11 N–H and O–H groups in total. The zero-order valence-corrected chi connectivity index (χ0v) is 98.3. The van der Waals surface area contributed by atoms with Crippen molar-refractivity contribution in [3.8, 4) is 101 Å². The van der Waals surface area contributed by atoms with Gasteiger partial charge >= 0.3 is 18.1 Å². The lowest BCUT2D eigenvalue weighted by molar-refractivity contribution is -0.122. The number of urea groups is 3. The Morgan fingerprint density at radius 1 is 0.353 bits per heavy atom. The smallest absolute Gasteiger partial charge is 0.315 e. The van der Waals surface area contributed by atoms with Crippen molar-refractivity contribution >= 4 is 65.7 Å². The van der Waals surface area contributed by atoms with E-state index in [4.69, 9.17) is 14.7 Å². The van der Waals surface area contributed by atoms with E-state index < -0.39 is 29.9 Å². The van der Waals surface area contributed by atoms with Gasteiger partial charge in [-0.2, -0.15) is 14.7 Å². The highest BCUT2D eigenvalue weighted by Crippen LogP contribution is 2.19. The van der Waals surface area contributed by atoms with E-state index in [1.165, 1.54) is 35.4 Å². The van der Waals surface area contributed by atoms with E-state index in [9.17, 15) is 54.0 Å². The molecule has 35 heteroatoms. The SMILES string of the molecule is CC(C)(C)C#CCNC(=O)NCCC#N.CC(C)(C)C#CCNC(=O)NCCN1CCOCC1.CC(C)(C)C#CCNC(=O)c1ccc(CN2CCOCC2)cc1.CC(C)(C)C#CCNS(=O)(=O)c1ccc(S(C)(=O)=O)cc1.CN(C)CCNC(=O)NCC#CC(C)(C)C.CN(C)Cc1ccc(C(=O)NCC#CC(C)(C)C)cc1.CN1CCN(CC(=O)NCC#CC(C)(C)C)CC1.Cc1ccc(S(=O)(=O)NCC#CC(C)(C)C)cc1. The van der Waals surface area contributed by atoms with Gasteiger partial charge in [-0.3, -0.25) is 29.1 Å². The van der Waals surface area contributed by atoms with Crippen LogP contribution >= 0.6 is 0 Å². The van der Waals surface area contributed by atoms with Crippen molar-refractivity contribution in [1.82, 2.24) is 86.7 Å². The molecule has 0 bridgehead atoms. The quantitative estimate of drug-likeness (QED) is 0.0178. The zero-order valence-electron chi connectivity index (χ0n) is 95.8. The Balaban J connectivity index is 0.00000170. The number of carbonyl (C=O) groups excluding carboxylic acids is 6. The van der Waals surface area contributed by atoms with Crippen LogP contribution in [0.3, 0.4) is 0 Å². The maximum Gasteiger partial charge on any atom is 0.315 e. The van der Waals surface area contributed by atoms with Crippen LogP contribution in [0.2, 0.25) is 0 Å². The fraction of sp³-hybridized carbons (Fsp3) is 0.591. The van der Waals surface area contributed by atoms with Gasteiger partial charge in [0.25, 0.3) is 11.8 Å². The monoisotopic (exact) mass is 2130 g/mol. The third-order valence-electron chi connectivity index (χ3n) is 19.0. The van der Waals surface area contributed by atoms with Gasteiger partial charge in [0, 0.05) is 159 Å². The number of morpholine rings is 2. The molecule has 150 heavy (non-hydrogen) atoms. The predicted octanol–water partition coefficient (Wildman–Crippen LogP) is 11.8. The van der Waals surface area contributed by atoms with Gasteiger partial charge in [0.1, 0.15) is 0 Å². The van der Waals surface area contributed by atoms with Crippen molar-refractivity contribution in [2.75, 3.05) is 212 Å². The van der Waals surface area contributed by atoms with Crippen molar-refractivity contribution < 1.29 is 63.5 Å². The van der Waals surface area contributed by atoms with Gasteiger partial charge in [0.2, 0.25) is 26.0 Å². The first-order chi connectivity index (χ1) is 69.4. The summed E-state index contributed by atoms with van der Waals surface area (Å²) in [5, 5.41) is 32.8. The molecule has 3 fully saturated rings. The highest BCUT2D eigenvalue weighted by atomic mass is 32.2. The Morgan fingerprint density at radius 2 is 0.660 bits per heavy atom. The molecule has 3 saturated heterocycles. The van der Waals surface area contributed by atoms with Crippen LogP contribution in [0.15, 0.2) is 112 Å². The van der Waals surface area contributed by atoms with E-state index in [1.807, 2.05) is 219 Å². The average molecular weight is 2130 g/mol. The fourth-order valence-corrected chi connectivity index (χ4v) is 14.1. The van der Waals surface area contributed by atoms with Gasteiger partial charge in [0.15, 0.2) is 9.84 Å². The molecule has 0 radical (unpaired) electrons. The lowest BCUT2D eigenvalue weighted by Gasteiger charge is -2.31. The van der Waals surface area contributed by atoms with Crippen LogP contribution in [-0.4, -0.2) is 302 Å². The first kappa shape index (κ1) is 139. The number of sulfone groups is 1. The Hall–Kier alpha value is -11.5. The van der Waals surface area contributed by atoms with Crippen molar-refractivity contribution in [3.63, 3.8) is 0 Å². The fourth-order valence-electron chi connectivity index (χ4n) is 11.6. The third kappa shape index (κ3) is 81.4. The molecule has 0 saturated carbocycles. The molecule has 0 unspecified atom stereocenters. The molecule has 0 atom stereocenters. The summed E-state index contributed by atoms with van der Waals surface area (Å²) in [6.45, 7) is 69.5. The molecule has 7 rings (SSSR count). The molecule has 4 aromatic carbocycles. The van der Waals surface area contributed by atoms with Crippen LogP contribution in [0, 0.1) is 156 Å². The molecule has 0 aromatic heterocycles. The maximum absolute atomic E-state index is 12.1. The third-order valence-corrected chi connectivity index (χ3v) is 22.9. The molecule has 32 nitrogen and oxygen atoms in total. The normalized spacial score (nSPS) is 13.3. The molecule has 3 aliphatic rings. The second-order valence-electron chi connectivity index (χ2n) is 44.4. The first-order valence-electron chi connectivity index (χ1n) is 50.5.